The molecule has 1 heterocycles. The minimum Gasteiger partial charge on any atom is -0.310 e. The molecular formula is C11H13BrIN. The van der Waals surface area contributed by atoms with Crippen LogP contribution in [0.15, 0.2) is 22.7 Å². The Hall–Kier alpha value is 0.390. The fourth-order valence-electron chi connectivity index (χ4n) is 1.91. The van der Waals surface area contributed by atoms with Crippen molar-refractivity contribution in [2.24, 2.45) is 0 Å². The second-order valence-electron chi connectivity index (χ2n) is 3.65. The van der Waals surface area contributed by atoms with Gasteiger partial charge < -0.3 is 5.32 Å². The standard InChI is InChI=1S/C11H13BrIN/c12-11-8(4-3-5-9(11)13)10-6-1-2-7-14-10/h3-5,10,14H,1-2,6-7H2. The maximum atomic E-state index is 3.67. The molecule has 1 atom stereocenters. The third-order valence-corrected chi connectivity index (χ3v) is 5.19. The molecule has 0 aliphatic carbocycles. The number of hydrogen-bond donors (Lipinski definition) is 1. The van der Waals surface area contributed by atoms with Gasteiger partial charge in [0.05, 0.1) is 0 Å². The lowest BCUT2D eigenvalue weighted by molar-refractivity contribution is 0.411. The van der Waals surface area contributed by atoms with Gasteiger partial charge in [-0.1, -0.05) is 18.6 Å². The van der Waals surface area contributed by atoms with Crippen molar-refractivity contribution in [3.63, 3.8) is 0 Å². The van der Waals surface area contributed by atoms with Gasteiger partial charge in [-0.2, -0.15) is 0 Å². The molecule has 1 nitrogen and oxygen atoms in total. The SMILES string of the molecule is Brc1c(I)cccc1C1CCCCN1. The van der Waals surface area contributed by atoms with Crippen LogP contribution >= 0.6 is 38.5 Å². The third kappa shape index (κ3) is 2.31. The molecule has 1 unspecified atom stereocenters. The highest BCUT2D eigenvalue weighted by Gasteiger charge is 2.17. The van der Waals surface area contributed by atoms with Crippen LogP contribution in [0.1, 0.15) is 30.9 Å². The Kier molecular flexibility index (Phi) is 3.85. The van der Waals surface area contributed by atoms with Crippen LogP contribution in [-0.2, 0) is 0 Å². The normalized spacial score (nSPS) is 22.3. The minimum absolute atomic E-state index is 0.549. The van der Waals surface area contributed by atoms with Crippen LogP contribution in [0.2, 0.25) is 0 Å². The average Bonchev–Trinajstić information content (AvgIpc) is 2.23. The summed E-state index contributed by atoms with van der Waals surface area (Å²) < 4.78 is 2.56. The highest BCUT2D eigenvalue weighted by Crippen LogP contribution is 2.31. The monoisotopic (exact) mass is 365 g/mol. The zero-order valence-corrected chi connectivity index (χ0v) is 11.6. The van der Waals surface area contributed by atoms with E-state index in [1.165, 1.54) is 32.9 Å². The molecule has 0 amide bonds. The predicted octanol–water partition coefficient (Wildman–Crippen LogP) is 3.87. The molecule has 76 valence electrons. The Balaban J connectivity index is 2.26. The summed E-state index contributed by atoms with van der Waals surface area (Å²) in [4.78, 5) is 0. The lowest BCUT2D eigenvalue weighted by Gasteiger charge is -2.25. The molecule has 0 aromatic heterocycles. The maximum Gasteiger partial charge on any atom is 0.0356 e. The molecule has 0 saturated carbocycles. The Morgan fingerprint density at radius 1 is 1.36 bits per heavy atom. The molecule has 0 radical (unpaired) electrons. The fourth-order valence-corrected chi connectivity index (χ4v) is 2.97. The number of rotatable bonds is 1. The van der Waals surface area contributed by atoms with Crippen molar-refractivity contribution in [1.29, 1.82) is 0 Å². The molecule has 1 fully saturated rings. The molecule has 1 aliphatic rings. The summed E-state index contributed by atoms with van der Waals surface area (Å²) in [5, 5.41) is 3.57. The molecular weight excluding hydrogens is 353 g/mol. The van der Waals surface area contributed by atoms with Crippen LogP contribution in [0.4, 0.5) is 0 Å². The Morgan fingerprint density at radius 3 is 2.93 bits per heavy atom. The van der Waals surface area contributed by atoms with Gasteiger partial charge in [-0.15, -0.1) is 0 Å². The first-order valence-corrected chi connectivity index (χ1v) is 6.83. The topological polar surface area (TPSA) is 12.0 Å². The first kappa shape index (κ1) is 10.9. The van der Waals surface area contributed by atoms with E-state index in [-0.39, 0.29) is 0 Å². The van der Waals surface area contributed by atoms with Crippen LogP contribution in [0, 0.1) is 3.57 Å². The van der Waals surface area contributed by atoms with E-state index in [2.05, 4.69) is 62.0 Å². The summed E-state index contributed by atoms with van der Waals surface area (Å²) in [5.41, 5.74) is 1.41. The molecule has 0 spiro atoms. The second kappa shape index (κ2) is 4.94. The smallest absolute Gasteiger partial charge is 0.0356 e. The lowest BCUT2D eigenvalue weighted by atomic mass is 9.98. The summed E-state index contributed by atoms with van der Waals surface area (Å²) in [6.07, 6.45) is 3.92. The van der Waals surface area contributed by atoms with E-state index in [1.54, 1.807) is 0 Å². The van der Waals surface area contributed by atoms with Gasteiger partial charge in [0.25, 0.3) is 0 Å². The molecule has 1 N–H and O–H groups in total. The van der Waals surface area contributed by atoms with Crippen LogP contribution < -0.4 is 5.32 Å². The van der Waals surface area contributed by atoms with Crippen LogP contribution in [0.25, 0.3) is 0 Å². The Bertz CT molecular complexity index is 321. The fraction of sp³-hybridized carbons (Fsp3) is 0.455. The van der Waals surface area contributed by atoms with Crippen LogP contribution in [-0.4, -0.2) is 6.54 Å². The molecule has 3 heteroatoms. The van der Waals surface area contributed by atoms with E-state index >= 15 is 0 Å². The number of benzene rings is 1. The van der Waals surface area contributed by atoms with E-state index in [1.807, 2.05) is 0 Å². The van der Waals surface area contributed by atoms with Crippen LogP contribution in [0.3, 0.4) is 0 Å². The summed E-state index contributed by atoms with van der Waals surface area (Å²) in [5.74, 6) is 0. The number of nitrogens with one attached hydrogen (secondary N) is 1. The van der Waals surface area contributed by atoms with Crippen molar-refractivity contribution in [3.05, 3.63) is 31.8 Å². The van der Waals surface area contributed by atoms with Gasteiger partial charge in [-0.3, -0.25) is 0 Å². The van der Waals surface area contributed by atoms with Crippen molar-refractivity contribution >= 4 is 38.5 Å². The predicted molar refractivity (Wildman–Crippen MR) is 71.5 cm³/mol. The Morgan fingerprint density at radius 2 is 2.21 bits per heavy atom. The average molecular weight is 366 g/mol. The summed E-state index contributed by atoms with van der Waals surface area (Å²) >= 11 is 6.04. The van der Waals surface area contributed by atoms with Crippen molar-refractivity contribution in [1.82, 2.24) is 5.32 Å². The van der Waals surface area contributed by atoms with Gasteiger partial charge in [0.2, 0.25) is 0 Å². The molecule has 2 rings (SSSR count). The van der Waals surface area contributed by atoms with Crippen LogP contribution in [0.5, 0.6) is 0 Å². The molecule has 1 aromatic carbocycles. The van der Waals surface area contributed by atoms with Crippen molar-refractivity contribution in [2.45, 2.75) is 25.3 Å². The largest absolute Gasteiger partial charge is 0.310 e. The van der Waals surface area contributed by atoms with E-state index in [0.717, 1.165) is 6.54 Å². The number of halogens is 2. The summed E-state index contributed by atoms with van der Waals surface area (Å²) in [7, 11) is 0. The van der Waals surface area contributed by atoms with E-state index in [4.69, 9.17) is 0 Å². The quantitative estimate of drug-likeness (QED) is 0.745. The van der Waals surface area contributed by atoms with Gasteiger partial charge in [-0.05, 0) is 69.5 Å². The summed E-state index contributed by atoms with van der Waals surface area (Å²) in [6.45, 7) is 1.16. The maximum absolute atomic E-state index is 3.67. The van der Waals surface area contributed by atoms with E-state index in [0.29, 0.717) is 6.04 Å². The first-order valence-electron chi connectivity index (χ1n) is 4.96. The lowest BCUT2D eigenvalue weighted by Crippen LogP contribution is -2.27. The van der Waals surface area contributed by atoms with Gasteiger partial charge in [0.1, 0.15) is 0 Å². The van der Waals surface area contributed by atoms with Gasteiger partial charge in [0.15, 0.2) is 0 Å². The number of hydrogen-bond acceptors (Lipinski definition) is 1. The zero-order valence-electron chi connectivity index (χ0n) is 7.89. The Labute approximate surface area is 107 Å². The third-order valence-electron chi connectivity index (χ3n) is 2.67. The zero-order chi connectivity index (χ0) is 9.97. The van der Waals surface area contributed by atoms with Crippen molar-refractivity contribution < 1.29 is 0 Å². The molecule has 1 aliphatic heterocycles. The van der Waals surface area contributed by atoms with E-state index in [9.17, 15) is 0 Å². The van der Waals surface area contributed by atoms with Crippen molar-refractivity contribution in [2.75, 3.05) is 6.54 Å². The van der Waals surface area contributed by atoms with Crippen molar-refractivity contribution in [3.8, 4) is 0 Å². The molecule has 1 saturated heterocycles. The highest BCUT2D eigenvalue weighted by atomic mass is 127. The second-order valence-corrected chi connectivity index (χ2v) is 5.60. The van der Waals surface area contributed by atoms with Gasteiger partial charge >= 0.3 is 0 Å². The molecule has 1 aromatic rings. The van der Waals surface area contributed by atoms with E-state index < -0.39 is 0 Å². The minimum atomic E-state index is 0.549. The molecule has 14 heavy (non-hydrogen) atoms. The van der Waals surface area contributed by atoms with Gasteiger partial charge in [0, 0.05) is 14.1 Å². The number of piperidine rings is 1. The summed E-state index contributed by atoms with van der Waals surface area (Å²) in [6, 6.07) is 7.04. The molecule has 0 bridgehead atoms. The first-order chi connectivity index (χ1) is 6.79. The van der Waals surface area contributed by atoms with Gasteiger partial charge in [-0.25, -0.2) is 0 Å². The highest BCUT2D eigenvalue weighted by molar-refractivity contribution is 14.1.